The van der Waals surface area contributed by atoms with Crippen molar-refractivity contribution in [2.45, 2.75) is 58.5 Å². The third-order valence-electron chi connectivity index (χ3n) is 5.47. The molecule has 1 fully saturated rings. The fourth-order valence-electron chi connectivity index (χ4n) is 4.03. The van der Waals surface area contributed by atoms with Crippen molar-refractivity contribution in [1.82, 2.24) is 29.8 Å². The molecular weight excluding hydrogens is 344 g/mol. The number of fused-ring (bicyclic) bond motifs is 1. The van der Waals surface area contributed by atoms with Crippen molar-refractivity contribution in [2.24, 2.45) is 0 Å². The molecule has 4 rings (SSSR count). The van der Waals surface area contributed by atoms with Gasteiger partial charge in [0.05, 0.1) is 18.9 Å². The van der Waals surface area contributed by atoms with E-state index in [0.717, 1.165) is 57.7 Å². The molecule has 0 aromatic carbocycles. The number of piperidine rings is 1. The fourth-order valence-corrected chi connectivity index (χ4v) is 4.03. The predicted octanol–water partition coefficient (Wildman–Crippen LogP) is 0.953. The molecule has 146 valence electrons. The molecule has 1 N–H and O–H groups in total. The molecule has 0 aliphatic carbocycles. The molecule has 2 aliphatic heterocycles. The molecule has 0 saturated carbocycles. The van der Waals surface area contributed by atoms with Gasteiger partial charge in [-0.05, 0) is 25.8 Å². The van der Waals surface area contributed by atoms with Gasteiger partial charge in [0.1, 0.15) is 6.54 Å². The van der Waals surface area contributed by atoms with E-state index in [-0.39, 0.29) is 18.5 Å². The minimum atomic E-state index is 0.0325. The first-order valence-electron chi connectivity index (χ1n) is 9.87. The van der Waals surface area contributed by atoms with Crippen LogP contribution in [0.5, 0.6) is 0 Å². The first kappa shape index (κ1) is 18.2. The van der Waals surface area contributed by atoms with E-state index in [1.165, 1.54) is 11.3 Å². The summed E-state index contributed by atoms with van der Waals surface area (Å²) in [5.41, 5.74) is 3.80. The van der Waals surface area contributed by atoms with Gasteiger partial charge < -0.3 is 10.1 Å². The summed E-state index contributed by atoms with van der Waals surface area (Å²) < 4.78 is 9.45. The Bertz CT molecular complexity index is 762. The standard InChI is InChI=1S/C19H28N6O2/c1-2-25-18-6-11-27-14-16(18)17(22-25)12-23-9-4-15(5-10-23)21-19(26)13-24-8-3-7-20-24/h3,7-8,15H,2,4-6,9-14H2,1H3,(H,21,26). The van der Waals surface area contributed by atoms with E-state index in [0.29, 0.717) is 6.61 Å². The van der Waals surface area contributed by atoms with Crippen LogP contribution >= 0.6 is 0 Å². The predicted molar refractivity (Wildman–Crippen MR) is 99.9 cm³/mol. The second-order valence-electron chi connectivity index (χ2n) is 7.31. The quantitative estimate of drug-likeness (QED) is 0.817. The Kier molecular flexibility index (Phi) is 5.54. The highest BCUT2D eigenvalue weighted by atomic mass is 16.5. The number of carbonyl (C=O) groups is 1. The van der Waals surface area contributed by atoms with Crippen molar-refractivity contribution in [3.8, 4) is 0 Å². The van der Waals surface area contributed by atoms with Crippen molar-refractivity contribution in [3.63, 3.8) is 0 Å². The number of likely N-dealkylation sites (tertiary alicyclic amines) is 1. The Morgan fingerprint density at radius 2 is 2.22 bits per heavy atom. The summed E-state index contributed by atoms with van der Waals surface area (Å²) in [5, 5.41) is 12.0. The SMILES string of the molecule is CCn1nc(CN2CCC(NC(=O)Cn3cccn3)CC2)c2c1CCOC2. The summed E-state index contributed by atoms with van der Waals surface area (Å²) in [5.74, 6) is 0.0325. The van der Waals surface area contributed by atoms with Gasteiger partial charge in [-0.1, -0.05) is 0 Å². The van der Waals surface area contributed by atoms with Crippen molar-refractivity contribution >= 4 is 5.91 Å². The van der Waals surface area contributed by atoms with E-state index in [2.05, 4.69) is 26.9 Å². The van der Waals surface area contributed by atoms with Crippen LogP contribution in [0.2, 0.25) is 0 Å². The van der Waals surface area contributed by atoms with Crippen LogP contribution in [0, 0.1) is 0 Å². The molecule has 8 heteroatoms. The summed E-state index contributed by atoms with van der Waals surface area (Å²) in [6, 6.07) is 2.07. The monoisotopic (exact) mass is 372 g/mol. The molecule has 1 saturated heterocycles. The van der Waals surface area contributed by atoms with Crippen LogP contribution in [-0.2, 0) is 42.2 Å². The zero-order chi connectivity index (χ0) is 18.6. The first-order chi connectivity index (χ1) is 13.2. The lowest BCUT2D eigenvalue weighted by molar-refractivity contribution is -0.122. The molecular formula is C19H28N6O2. The molecule has 0 radical (unpaired) electrons. The number of amides is 1. The van der Waals surface area contributed by atoms with E-state index >= 15 is 0 Å². The van der Waals surface area contributed by atoms with Crippen LogP contribution in [0.1, 0.15) is 36.7 Å². The highest BCUT2D eigenvalue weighted by Gasteiger charge is 2.25. The minimum absolute atomic E-state index is 0.0325. The molecule has 2 aromatic rings. The van der Waals surface area contributed by atoms with Gasteiger partial charge in [0.25, 0.3) is 0 Å². The zero-order valence-electron chi connectivity index (χ0n) is 15.9. The summed E-state index contributed by atoms with van der Waals surface area (Å²) in [6.07, 6.45) is 6.40. The number of rotatable bonds is 6. The molecule has 8 nitrogen and oxygen atoms in total. The number of hydrogen-bond donors (Lipinski definition) is 1. The number of ether oxygens (including phenoxy) is 1. The van der Waals surface area contributed by atoms with Gasteiger partial charge in [-0.2, -0.15) is 10.2 Å². The van der Waals surface area contributed by atoms with Crippen LogP contribution in [0.25, 0.3) is 0 Å². The minimum Gasteiger partial charge on any atom is -0.376 e. The lowest BCUT2D eigenvalue weighted by Gasteiger charge is -2.32. The maximum atomic E-state index is 12.1. The van der Waals surface area contributed by atoms with Crippen LogP contribution < -0.4 is 5.32 Å². The van der Waals surface area contributed by atoms with E-state index in [4.69, 9.17) is 9.84 Å². The maximum absolute atomic E-state index is 12.1. The highest BCUT2D eigenvalue weighted by Crippen LogP contribution is 2.23. The van der Waals surface area contributed by atoms with Gasteiger partial charge >= 0.3 is 0 Å². The molecule has 0 spiro atoms. The third kappa shape index (κ3) is 4.22. The second kappa shape index (κ2) is 8.22. The molecule has 0 unspecified atom stereocenters. The molecule has 27 heavy (non-hydrogen) atoms. The number of nitrogens with zero attached hydrogens (tertiary/aromatic N) is 5. The van der Waals surface area contributed by atoms with Crippen LogP contribution in [0.4, 0.5) is 0 Å². The first-order valence-corrected chi connectivity index (χ1v) is 9.87. The van der Waals surface area contributed by atoms with Gasteiger partial charge in [-0.15, -0.1) is 0 Å². The number of aromatic nitrogens is 4. The average molecular weight is 372 g/mol. The van der Waals surface area contributed by atoms with Gasteiger partial charge in [0.15, 0.2) is 0 Å². The lowest BCUT2D eigenvalue weighted by Crippen LogP contribution is -2.45. The van der Waals surface area contributed by atoms with Gasteiger partial charge in [-0.25, -0.2) is 0 Å². The van der Waals surface area contributed by atoms with E-state index in [9.17, 15) is 4.79 Å². The molecule has 2 aromatic heterocycles. The summed E-state index contributed by atoms with van der Waals surface area (Å²) in [4.78, 5) is 14.6. The van der Waals surface area contributed by atoms with Crippen LogP contribution in [0.15, 0.2) is 18.5 Å². The number of nitrogens with one attached hydrogen (secondary N) is 1. The average Bonchev–Trinajstić information content (AvgIpc) is 3.31. The van der Waals surface area contributed by atoms with Crippen molar-refractivity contribution in [2.75, 3.05) is 19.7 Å². The van der Waals surface area contributed by atoms with Gasteiger partial charge in [0, 0.05) is 62.3 Å². The van der Waals surface area contributed by atoms with E-state index < -0.39 is 0 Å². The van der Waals surface area contributed by atoms with Gasteiger partial charge in [-0.3, -0.25) is 19.1 Å². The van der Waals surface area contributed by atoms with E-state index in [1.807, 2.05) is 12.3 Å². The number of hydrogen-bond acceptors (Lipinski definition) is 5. The summed E-state index contributed by atoms with van der Waals surface area (Å²) >= 11 is 0. The Morgan fingerprint density at radius 3 is 2.96 bits per heavy atom. The largest absolute Gasteiger partial charge is 0.376 e. The molecule has 1 amide bonds. The second-order valence-corrected chi connectivity index (χ2v) is 7.31. The van der Waals surface area contributed by atoms with Crippen LogP contribution in [-0.4, -0.2) is 56.1 Å². The zero-order valence-corrected chi connectivity index (χ0v) is 15.9. The lowest BCUT2D eigenvalue weighted by atomic mass is 10.0. The normalized spacial score (nSPS) is 18.4. The Labute approximate surface area is 159 Å². The van der Waals surface area contributed by atoms with Gasteiger partial charge in [0.2, 0.25) is 5.91 Å². The number of aryl methyl sites for hydroxylation is 1. The van der Waals surface area contributed by atoms with Crippen molar-refractivity contribution in [1.29, 1.82) is 0 Å². The Morgan fingerprint density at radius 1 is 1.37 bits per heavy atom. The van der Waals surface area contributed by atoms with Crippen molar-refractivity contribution in [3.05, 3.63) is 35.4 Å². The smallest absolute Gasteiger partial charge is 0.241 e. The molecule has 4 heterocycles. The number of carbonyl (C=O) groups excluding carboxylic acids is 1. The van der Waals surface area contributed by atoms with Crippen molar-refractivity contribution < 1.29 is 9.53 Å². The highest BCUT2D eigenvalue weighted by molar-refractivity contribution is 5.75. The Balaban J connectivity index is 1.28. The fraction of sp³-hybridized carbons (Fsp3) is 0.632. The topological polar surface area (TPSA) is 77.2 Å². The summed E-state index contributed by atoms with van der Waals surface area (Å²) in [6.45, 7) is 7.63. The van der Waals surface area contributed by atoms with Crippen LogP contribution in [0.3, 0.4) is 0 Å². The summed E-state index contributed by atoms with van der Waals surface area (Å²) in [7, 11) is 0. The molecule has 2 aliphatic rings. The molecule has 0 atom stereocenters. The maximum Gasteiger partial charge on any atom is 0.241 e. The third-order valence-corrected chi connectivity index (χ3v) is 5.47. The van der Waals surface area contributed by atoms with E-state index in [1.54, 1.807) is 10.9 Å². The molecule has 0 bridgehead atoms. The Hall–Kier alpha value is -2.19.